The Balaban J connectivity index is 2.03. The van der Waals surface area contributed by atoms with Gasteiger partial charge in [0.1, 0.15) is 15.5 Å². The Morgan fingerprint density at radius 2 is 2.50 bits per heavy atom. The summed E-state index contributed by atoms with van der Waals surface area (Å²) in [7, 11) is 0. The van der Waals surface area contributed by atoms with Gasteiger partial charge in [0.2, 0.25) is 0 Å². The van der Waals surface area contributed by atoms with Crippen LogP contribution in [0.2, 0.25) is 0 Å². The highest BCUT2D eigenvalue weighted by Crippen LogP contribution is 2.28. The summed E-state index contributed by atoms with van der Waals surface area (Å²) in [5, 5.41) is 9.66. The molecule has 1 aliphatic rings. The van der Waals surface area contributed by atoms with Crippen LogP contribution in [0, 0.1) is 0 Å². The maximum absolute atomic E-state index is 11.0. The summed E-state index contributed by atoms with van der Waals surface area (Å²) in [6.45, 7) is 1.56. The fourth-order valence-corrected chi connectivity index (χ4v) is 3.32. The lowest BCUT2D eigenvalue weighted by atomic mass is 10.2. The van der Waals surface area contributed by atoms with E-state index in [0.29, 0.717) is 10.2 Å². The van der Waals surface area contributed by atoms with Crippen molar-refractivity contribution in [1.82, 2.24) is 9.55 Å². The minimum absolute atomic E-state index is 0.230. The number of fused-ring (bicyclic) bond motifs is 1. The van der Waals surface area contributed by atoms with Crippen molar-refractivity contribution in [2.45, 2.75) is 24.4 Å². The molecule has 0 amide bonds. The number of carbonyl (C=O) groups is 1. The summed E-state index contributed by atoms with van der Waals surface area (Å²) >= 11 is 4.63. The molecule has 0 aliphatic carbocycles. The summed E-state index contributed by atoms with van der Waals surface area (Å²) in [6.07, 6.45) is 1.28. The van der Waals surface area contributed by atoms with Crippen LogP contribution in [-0.4, -0.2) is 33.3 Å². The van der Waals surface area contributed by atoms with E-state index in [1.54, 1.807) is 6.07 Å². The molecular weight excluding hydrogens is 320 g/mol. The molecule has 0 bridgehead atoms. The molecule has 1 atom stereocenters. The first-order valence-electron chi connectivity index (χ1n) is 5.59. The van der Waals surface area contributed by atoms with Crippen molar-refractivity contribution in [1.29, 1.82) is 0 Å². The van der Waals surface area contributed by atoms with E-state index >= 15 is 0 Å². The number of carboxylic acids is 1. The second-order valence-corrected chi connectivity index (χ2v) is 5.75. The van der Waals surface area contributed by atoms with Crippen LogP contribution in [0.1, 0.15) is 21.9 Å². The summed E-state index contributed by atoms with van der Waals surface area (Å²) in [4.78, 5) is 16.5. The Morgan fingerprint density at radius 3 is 3.06 bits per heavy atom. The van der Waals surface area contributed by atoms with Crippen LogP contribution in [-0.2, 0) is 16.6 Å². The topological polar surface area (TPSA) is 64.3 Å². The van der Waals surface area contributed by atoms with E-state index < -0.39 is 5.97 Å². The van der Waals surface area contributed by atoms with Crippen molar-refractivity contribution in [2.24, 2.45) is 0 Å². The Morgan fingerprint density at radius 1 is 1.72 bits per heavy atom. The van der Waals surface area contributed by atoms with E-state index in [9.17, 15) is 4.79 Å². The van der Waals surface area contributed by atoms with Crippen LogP contribution in [0.15, 0.2) is 6.07 Å². The van der Waals surface area contributed by atoms with Crippen LogP contribution in [0.3, 0.4) is 0 Å². The number of aromatic nitrogens is 2. The standard InChI is InChI=1S/C11H11BrN2O3S/c12-4-9-13-10-7(3-8(18-10)11(15)16)14(9)5-6-1-2-17-6/h3,6H,1-2,4-5H2,(H,15,16). The van der Waals surface area contributed by atoms with Gasteiger partial charge in [-0.2, -0.15) is 0 Å². The van der Waals surface area contributed by atoms with Crippen LogP contribution in [0.5, 0.6) is 0 Å². The smallest absolute Gasteiger partial charge is 0.346 e. The van der Waals surface area contributed by atoms with E-state index in [2.05, 4.69) is 25.5 Å². The maximum atomic E-state index is 11.0. The third-order valence-electron chi connectivity index (χ3n) is 3.04. The summed E-state index contributed by atoms with van der Waals surface area (Å²) < 4.78 is 7.48. The quantitative estimate of drug-likeness (QED) is 0.874. The molecule has 7 heteroatoms. The number of imidazole rings is 1. The van der Waals surface area contributed by atoms with Crippen molar-refractivity contribution >= 4 is 43.6 Å². The minimum Gasteiger partial charge on any atom is -0.477 e. The van der Waals surface area contributed by atoms with Gasteiger partial charge in [-0.1, -0.05) is 15.9 Å². The molecule has 96 valence electrons. The molecule has 18 heavy (non-hydrogen) atoms. The molecule has 0 spiro atoms. The lowest BCUT2D eigenvalue weighted by Gasteiger charge is -2.27. The van der Waals surface area contributed by atoms with Crippen LogP contribution in [0.25, 0.3) is 10.3 Å². The predicted octanol–water partition coefficient (Wildman–Crippen LogP) is 2.48. The Hall–Kier alpha value is -0.920. The normalized spacial score (nSPS) is 19.1. The van der Waals surface area contributed by atoms with Crippen LogP contribution in [0.4, 0.5) is 0 Å². The molecule has 2 aromatic rings. The average Bonchev–Trinajstić information content (AvgIpc) is 2.80. The van der Waals surface area contributed by atoms with E-state index in [1.165, 1.54) is 11.3 Å². The van der Waals surface area contributed by atoms with Crippen molar-refractivity contribution in [3.8, 4) is 0 Å². The Bertz CT molecular complexity index is 603. The van der Waals surface area contributed by atoms with Gasteiger partial charge >= 0.3 is 5.97 Å². The van der Waals surface area contributed by atoms with Crippen molar-refractivity contribution in [3.05, 3.63) is 16.8 Å². The monoisotopic (exact) mass is 330 g/mol. The van der Waals surface area contributed by atoms with Gasteiger partial charge in [0.15, 0.2) is 0 Å². The number of halogens is 1. The maximum Gasteiger partial charge on any atom is 0.346 e. The zero-order valence-electron chi connectivity index (χ0n) is 9.43. The second kappa shape index (κ2) is 4.64. The molecule has 2 aromatic heterocycles. The number of hydrogen-bond acceptors (Lipinski definition) is 4. The molecule has 3 heterocycles. The lowest BCUT2D eigenvalue weighted by molar-refractivity contribution is -0.0589. The number of ether oxygens (including phenoxy) is 1. The number of nitrogens with zero attached hydrogens (tertiary/aromatic N) is 2. The zero-order chi connectivity index (χ0) is 12.7. The summed E-state index contributed by atoms with van der Waals surface area (Å²) in [5.74, 6) is 0.0218. The first kappa shape index (κ1) is 12.1. The molecular formula is C11H11BrN2O3S. The van der Waals surface area contributed by atoms with Gasteiger partial charge in [0.25, 0.3) is 0 Å². The largest absolute Gasteiger partial charge is 0.477 e. The van der Waals surface area contributed by atoms with E-state index in [4.69, 9.17) is 9.84 Å². The highest BCUT2D eigenvalue weighted by atomic mass is 79.9. The predicted molar refractivity (Wildman–Crippen MR) is 71.6 cm³/mol. The summed E-state index contributed by atoms with van der Waals surface area (Å²) in [6, 6.07) is 1.69. The highest BCUT2D eigenvalue weighted by molar-refractivity contribution is 9.08. The van der Waals surface area contributed by atoms with Crippen LogP contribution >= 0.6 is 27.3 Å². The van der Waals surface area contributed by atoms with Gasteiger partial charge in [0.05, 0.1) is 23.5 Å². The third-order valence-corrected chi connectivity index (χ3v) is 4.54. The van der Waals surface area contributed by atoms with E-state index in [1.807, 2.05) is 0 Å². The number of hydrogen-bond donors (Lipinski definition) is 1. The molecule has 0 saturated carbocycles. The SMILES string of the molecule is O=C(O)c1cc2c(nc(CBr)n2CC2CCO2)s1. The molecule has 1 saturated heterocycles. The van der Waals surface area contributed by atoms with Gasteiger partial charge in [-0.25, -0.2) is 9.78 Å². The molecule has 1 unspecified atom stereocenters. The Kier molecular flexibility index (Phi) is 3.13. The minimum atomic E-state index is -0.898. The van der Waals surface area contributed by atoms with E-state index in [-0.39, 0.29) is 6.10 Å². The molecule has 1 aliphatic heterocycles. The van der Waals surface area contributed by atoms with Gasteiger partial charge < -0.3 is 14.4 Å². The van der Waals surface area contributed by atoms with Gasteiger partial charge in [-0.15, -0.1) is 11.3 Å². The second-order valence-electron chi connectivity index (χ2n) is 4.16. The van der Waals surface area contributed by atoms with E-state index in [0.717, 1.165) is 35.7 Å². The van der Waals surface area contributed by atoms with Crippen LogP contribution < -0.4 is 0 Å². The first-order valence-corrected chi connectivity index (χ1v) is 7.52. The molecule has 0 aromatic carbocycles. The Labute approximate surface area is 116 Å². The van der Waals surface area contributed by atoms with Crippen molar-refractivity contribution in [2.75, 3.05) is 6.61 Å². The van der Waals surface area contributed by atoms with Crippen molar-refractivity contribution < 1.29 is 14.6 Å². The zero-order valence-corrected chi connectivity index (χ0v) is 11.8. The molecule has 3 rings (SSSR count). The number of alkyl halides is 1. The average molecular weight is 331 g/mol. The van der Waals surface area contributed by atoms with Gasteiger partial charge in [-0.05, 0) is 12.5 Å². The highest BCUT2D eigenvalue weighted by Gasteiger charge is 2.23. The van der Waals surface area contributed by atoms with Gasteiger partial charge in [0, 0.05) is 6.61 Å². The third kappa shape index (κ3) is 1.96. The number of thiophene rings is 1. The lowest BCUT2D eigenvalue weighted by Crippen LogP contribution is -2.31. The molecule has 1 fully saturated rings. The van der Waals surface area contributed by atoms with Gasteiger partial charge in [-0.3, -0.25) is 0 Å². The first-order chi connectivity index (χ1) is 8.69. The molecule has 0 radical (unpaired) electrons. The summed E-state index contributed by atoms with van der Waals surface area (Å²) in [5.41, 5.74) is 0.891. The molecule has 1 N–H and O–H groups in total. The fraction of sp³-hybridized carbons (Fsp3) is 0.455. The number of rotatable bonds is 4. The van der Waals surface area contributed by atoms with Crippen molar-refractivity contribution in [3.63, 3.8) is 0 Å². The molecule has 5 nitrogen and oxygen atoms in total. The fourth-order valence-electron chi connectivity index (χ4n) is 2.01. The number of carboxylic acid groups (broad SMARTS) is 1. The number of aromatic carboxylic acids is 1.